The Morgan fingerprint density at radius 1 is 0.294 bits per heavy atom. The second-order valence-corrected chi connectivity index (χ2v) is 26.7. The number of hydrogen-bond donors (Lipinski definition) is 0. The van der Waals surface area contributed by atoms with Gasteiger partial charge in [0.2, 0.25) is 0 Å². The molecule has 1 radical (unpaired) electrons. The predicted octanol–water partition coefficient (Wildman–Crippen LogP) is 11.4. The van der Waals surface area contributed by atoms with Crippen LogP contribution in [0.15, 0.2) is 0 Å². The molecule has 25 heteroatoms. The smallest absolute Gasteiger partial charge is 0.747 e. The van der Waals surface area contributed by atoms with E-state index in [1.807, 2.05) is 41.5 Å². The fourth-order valence-electron chi connectivity index (χ4n) is 8.44. The van der Waals surface area contributed by atoms with Crippen LogP contribution in [0.4, 0.5) is 0 Å². The molecule has 0 rings (SSSR count). The maximum absolute atomic E-state index is 12.1. The first-order valence-electron chi connectivity index (χ1n) is 31.4. The molecule has 0 aromatic carbocycles. The van der Waals surface area contributed by atoms with E-state index in [2.05, 4.69) is 41.5 Å². The minimum absolute atomic E-state index is 0. The number of esters is 6. The SMILES string of the molecule is CCCCC(CC)COC(=O)CC(C(=O)OCC(CC)CCCC)S(=O)(=O)[O-].CCCCC(CC)COC(=O)CC(C(=O)OCC(CC)CCCC)S(=O)(=O)[O-].CCCCC(CC)COC(=O)CC(C(=O)OCC(CC)CCCC)S(=O)(=O)[O-].[Er+3]. The van der Waals surface area contributed by atoms with Crippen LogP contribution in [0.25, 0.3) is 0 Å². The largest absolute Gasteiger partial charge is 3.00 e. The molecule has 0 N–H and O–H groups in total. The summed E-state index contributed by atoms with van der Waals surface area (Å²) in [6.45, 7) is 24.8. The number of rotatable bonds is 48. The van der Waals surface area contributed by atoms with Crippen LogP contribution in [0.2, 0.25) is 0 Å². The Bertz CT molecular complexity index is 1880. The van der Waals surface area contributed by atoms with Crippen molar-refractivity contribution >= 4 is 66.2 Å². The van der Waals surface area contributed by atoms with Crippen molar-refractivity contribution in [2.45, 2.75) is 272 Å². The van der Waals surface area contributed by atoms with Gasteiger partial charge in [-0.3, -0.25) is 28.8 Å². The van der Waals surface area contributed by atoms with E-state index in [1.54, 1.807) is 0 Å². The second kappa shape index (κ2) is 53.6. The van der Waals surface area contributed by atoms with Crippen molar-refractivity contribution in [3.05, 3.63) is 0 Å². The van der Waals surface area contributed by atoms with Gasteiger partial charge in [-0.05, 0) is 74.0 Å². The van der Waals surface area contributed by atoms with Gasteiger partial charge in [-0.25, -0.2) is 25.3 Å². The summed E-state index contributed by atoms with van der Waals surface area (Å²) in [6.07, 6.45) is 19.7. The molecule has 21 nitrogen and oxygen atoms in total. The average Bonchev–Trinajstić information content (AvgIpc) is 3.64. The Balaban J connectivity index is -0.000000576. The third kappa shape index (κ3) is 46.5. The molecular formula is C60H111ErO21S3. The first-order chi connectivity index (χ1) is 39.6. The van der Waals surface area contributed by atoms with Gasteiger partial charge in [0.15, 0.2) is 15.7 Å². The molecule has 0 aliphatic heterocycles. The van der Waals surface area contributed by atoms with Crippen LogP contribution in [0.1, 0.15) is 256 Å². The monoisotopic (exact) mass is 1430 g/mol. The standard InChI is InChI=1S/3C20H38O7S.Er/c3*1-5-9-11-16(7-3)14-26-19(21)13-18(28(23,24)25)20(22)27-15-17(8-4)12-10-6-2;/h3*16-18H,5-15H2,1-4H3,(H,23,24,25);/q;;;+3/p-3. The molecule has 0 amide bonds. The van der Waals surface area contributed by atoms with Crippen molar-refractivity contribution in [1.29, 1.82) is 0 Å². The van der Waals surface area contributed by atoms with Gasteiger partial charge in [0, 0.05) is 0 Å². The topological polar surface area (TPSA) is 329 Å². The fraction of sp³-hybridized carbons (Fsp3) is 0.900. The molecule has 0 saturated carbocycles. The van der Waals surface area contributed by atoms with Gasteiger partial charge in [0.1, 0.15) is 30.4 Å². The Labute approximate surface area is 543 Å². The molecule has 0 saturated heterocycles. The van der Waals surface area contributed by atoms with E-state index >= 15 is 0 Å². The van der Waals surface area contributed by atoms with Gasteiger partial charge >= 0.3 is 73.1 Å². The molecule has 0 heterocycles. The van der Waals surface area contributed by atoms with Crippen LogP contribution in [-0.4, -0.2) is 130 Å². The first kappa shape index (κ1) is 89.2. The molecule has 0 aromatic heterocycles. The zero-order chi connectivity index (χ0) is 64.7. The van der Waals surface area contributed by atoms with Gasteiger partial charge < -0.3 is 42.1 Å². The third-order valence-corrected chi connectivity index (χ3v) is 18.1. The quantitative estimate of drug-likeness (QED) is 0.0310. The van der Waals surface area contributed by atoms with Crippen molar-refractivity contribution in [2.24, 2.45) is 35.5 Å². The van der Waals surface area contributed by atoms with Crippen LogP contribution in [0.5, 0.6) is 0 Å². The van der Waals surface area contributed by atoms with E-state index in [9.17, 15) is 67.7 Å². The van der Waals surface area contributed by atoms with Gasteiger partial charge in [-0.2, -0.15) is 0 Å². The summed E-state index contributed by atoms with van der Waals surface area (Å²) in [5, 5.41) is -6.17. The van der Waals surface area contributed by atoms with Gasteiger partial charge in [-0.1, -0.05) is 199 Å². The van der Waals surface area contributed by atoms with E-state index in [0.717, 1.165) is 154 Å². The van der Waals surface area contributed by atoms with Crippen molar-refractivity contribution < 1.29 is 133 Å². The Morgan fingerprint density at radius 3 is 0.576 bits per heavy atom. The fourth-order valence-corrected chi connectivity index (χ4v) is 10.4. The van der Waals surface area contributed by atoms with Gasteiger partial charge in [-0.15, -0.1) is 0 Å². The molecule has 0 fully saturated rings. The Kier molecular flexibility index (Phi) is 56.3. The summed E-state index contributed by atoms with van der Waals surface area (Å²) in [7, 11) is -15.0. The zero-order valence-corrected chi connectivity index (χ0v) is 57.9. The third-order valence-electron chi connectivity index (χ3n) is 15.0. The van der Waals surface area contributed by atoms with E-state index in [0.29, 0.717) is 0 Å². The maximum atomic E-state index is 12.1. The van der Waals surface area contributed by atoms with E-state index in [1.165, 1.54) is 0 Å². The summed E-state index contributed by atoms with van der Waals surface area (Å²) >= 11 is 0. The van der Waals surface area contributed by atoms with Gasteiger partial charge in [0.25, 0.3) is 0 Å². The van der Waals surface area contributed by atoms with Crippen LogP contribution < -0.4 is 0 Å². The molecule has 85 heavy (non-hydrogen) atoms. The number of unbranched alkanes of at least 4 members (excludes halogenated alkanes) is 6. The molecule has 0 spiro atoms. The molecule has 0 aliphatic rings. The maximum Gasteiger partial charge on any atom is 3.00 e. The molecule has 0 bridgehead atoms. The molecule has 9 atom stereocenters. The van der Waals surface area contributed by atoms with Crippen LogP contribution in [0.3, 0.4) is 0 Å². The Morgan fingerprint density at radius 2 is 0.447 bits per heavy atom. The minimum atomic E-state index is -5.01. The van der Waals surface area contributed by atoms with E-state index < -0.39 is 101 Å². The summed E-state index contributed by atoms with van der Waals surface area (Å²) in [6, 6.07) is 0. The molecule has 0 aromatic rings. The van der Waals surface area contributed by atoms with Crippen molar-refractivity contribution in [3.8, 4) is 0 Å². The minimum Gasteiger partial charge on any atom is -0.747 e. The zero-order valence-electron chi connectivity index (χ0n) is 53.6. The molecule has 507 valence electrons. The van der Waals surface area contributed by atoms with Gasteiger partial charge in [0.05, 0.1) is 58.9 Å². The van der Waals surface area contributed by atoms with Crippen LogP contribution in [-0.2, 0) is 87.5 Å². The summed E-state index contributed by atoms with van der Waals surface area (Å²) in [4.78, 5) is 72.4. The van der Waals surface area contributed by atoms with Crippen molar-refractivity contribution in [2.75, 3.05) is 39.6 Å². The second-order valence-electron chi connectivity index (χ2n) is 22.0. The number of carbonyl (C=O) groups excluding carboxylic acids is 6. The van der Waals surface area contributed by atoms with E-state index in [-0.39, 0.29) is 112 Å². The summed E-state index contributed by atoms with van der Waals surface area (Å²) in [5.74, 6) is -5.23. The summed E-state index contributed by atoms with van der Waals surface area (Å²) in [5.41, 5.74) is 0. The van der Waals surface area contributed by atoms with Crippen molar-refractivity contribution in [3.63, 3.8) is 0 Å². The normalized spacial score (nSPS) is 14.7. The number of carbonyl (C=O) groups is 6. The summed E-state index contributed by atoms with van der Waals surface area (Å²) < 4.78 is 134. The number of ether oxygens (including phenoxy) is 6. The first-order valence-corrected chi connectivity index (χ1v) is 35.8. The van der Waals surface area contributed by atoms with Crippen LogP contribution in [0, 0.1) is 72.8 Å². The van der Waals surface area contributed by atoms with Crippen molar-refractivity contribution in [1.82, 2.24) is 0 Å². The predicted molar refractivity (Wildman–Crippen MR) is 320 cm³/mol. The molecular weight excluding hydrogens is 1320 g/mol. The molecule has 0 aliphatic carbocycles. The van der Waals surface area contributed by atoms with E-state index in [4.69, 9.17) is 28.4 Å². The van der Waals surface area contributed by atoms with Crippen LogP contribution >= 0.6 is 0 Å². The number of hydrogen-bond acceptors (Lipinski definition) is 21. The Hall–Kier alpha value is -2.20. The molecule has 9 unspecified atom stereocenters. The average molecular weight is 1430 g/mol.